The fraction of sp³-hybridized carbons (Fsp3) is 0.789. The normalized spacial score (nSPS) is 25.7. The lowest BCUT2D eigenvalue weighted by molar-refractivity contribution is -0.153. The molecule has 2 saturated heterocycles. The summed E-state index contributed by atoms with van der Waals surface area (Å²) in [6, 6.07) is -3.85. The number of aliphatic hydroxyl groups is 1. The molecule has 5 N–H and O–H groups in total. The van der Waals surface area contributed by atoms with Gasteiger partial charge in [-0.15, -0.1) is 6.58 Å². The van der Waals surface area contributed by atoms with E-state index in [0.29, 0.717) is 18.9 Å². The van der Waals surface area contributed by atoms with Gasteiger partial charge in [0.1, 0.15) is 12.1 Å². The third-order valence-corrected chi connectivity index (χ3v) is 11.1. The van der Waals surface area contributed by atoms with E-state index in [4.69, 9.17) is 0 Å². The molecule has 0 aromatic heterocycles. The number of piperidine rings is 1. The quantitative estimate of drug-likeness (QED) is 0.144. The van der Waals surface area contributed by atoms with E-state index >= 15 is 0 Å². The van der Waals surface area contributed by atoms with Crippen LogP contribution in [0.4, 0.5) is 4.79 Å². The van der Waals surface area contributed by atoms with Crippen molar-refractivity contribution >= 4 is 35.6 Å². The SMILES string of the molecule is C=CCNC(=O)C(O)C(CC1CC1)NC(=O)[C@@H]1[C@H]2CCC[C@H]2CN1C(=O)[C@@H](NC(=O)N[C@H](CN1C(=O)CC(C)(C)CC1=O)C(C)(C)C)C(C)(C)C. The number of imide groups is 1. The van der Waals surface area contributed by atoms with Gasteiger partial charge in [0.2, 0.25) is 23.6 Å². The van der Waals surface area contributed by atoms with Crippen LogP contribution in [0.3, 0.4) is 0 Å². The number of nitrogens with one attached hydrogen (secondary N) is 4. The van der Waals surface area contributed by atoms with Crippen molar-refractivity contribution in [3.05, 3.63) is 12.7 Å². The van der Waals surface area contributed by atoms with Crippen LogP contribution in [0.25, 0.3) is 0 Å². The number of urea groups is 1. The zero-order chi connectivity index (χ0) is 38.1. The van der Waals surface area contributed by atoms with Gasteiger partial charge >= 0.3 is 6.03 Å². The number of amides is 7. The summed E-state index contributed by atoms with van der Waals surface area (Å²) in [5, 5.41) is 22.4. The second-order valence-corrected chi connectivity index (χ2v) is 18.3. The van der Waals surface area contributed by atoms with E-state index in [1.807, 2.05) is 55.4 Å². The fourth-order valence-corrected chi connectivity index (χ4v) is 7.85. The van der Waals surface area contributed by atoms with Crippen molar-refractivity contribution in [1.29, 1.82) is 0 Å². The standard InChI is InChI=1S/C38H62N6O7/c1-10-16-39-33(49)30(47)25(17-22-14-15-22)40-32(48)29-24-13-11-12-23(24)20-44(29)34(50)31(37(5,6)7)42-35(51)41-26(36(2,3)4)21-43-27(45)18-38(8,9)19-28(43)46/h10,22-26,29-31,47H,1,11-21H2,2-9H3,(H,39,49)(H,40,48)(H2,41,42,51)/t23-,24-,25?,26+,29-,30?,31+/m0/s1. The van der Waals surface area contributed by atoms with Gasteiger partial charge in [0, 0.05) is 32.5 Å². The molecule has 2 saturated carbocycles. The first-order valence-corrected chi connectivity index (χ1v) is 18.7. The van der Waals surface area contributed by atoms with Gasteiger partial charge in [0.25, 0.3) is 5.91 Å². The van der Waals surface area contributed by atoms with Gasteiger partial charge < -0.3 is 31.3 Å². The predicted molar refractivity (Wildman–Crippen MR) is 193 cm³/mol. The van der Waals surface area contributed by atoms with Crippen LogP contribution in [0.5, 0.6) is 0 Å². The molecule has 2 unspecified atom stereocenters. The first kappa shape index (κ1) is 40.3. The summed E-state index contributed by atoms with van der Waals surface area (Å²) in [5.41, 5.74) is -1.71. The molecular weight excluding hydrogens is 652 g/mol. The third-order valence-electron chi connectivity index (χ3n) is 11.1. The van der Waals surface area contributed by atoms with Crippen LogP contribution in [0.1, 0.15) is 107 Å². The highest BCUT2D eigenvalue weighted by atomic mass is 16.3. The molecule has 0 spiro atoms. The maximum Gasteiger partial charge on any atom is 0.315 e. The zero-order valence-electron chi connectivity index (χ0n) is 32.0. The number of rotatable bonds is 13. The first-order chi connectivity index (χ1) is 23.6. The van der Waals surface area contributed by atoms with Gasteiger partial charge in [-0.05, 0) is 53.3 Å². The summed E-state index contributed by atoms with van der Waals surface area (Å²) < 4.78 is 0. The first-order valence-electron chi connectivity index (χ1n) is 18.7. The lowest BCUT2D eigenvalue weighted by Gasteiger charge is -2.40. The van der Waals surface area contributed by atoms with Gasteiger partial charge in [0.15, 0.2) is 6.10 Å². The largest absolute Gasteiger partial charge is 0.381 e. The van der Waals surface area contributed by atoms with Crippen molar-refractivity contribution in [3.8, 4) is 0 Å². The molecule has 286 valence electrons. The van der Waals surface area contributed by atoms with Gasteiger partial charge in [-0.25, -0.2) is 4.79 Å². The average molecular weight is 715 g/mol. The molecule has 4 rings (SSSR count). The van der Waals surface area contributed by atoms with E-state index in [1.54, 1.807) is 4.90 Å². The van der Waals surface area contributed by atoms with E-state index in [2.05, 4.69) is 27.8 Å². The maximum atomic E-state index is 14.5. The van der Waals surface area contributed by atoms with Crippen molar-refractivity contribution in [3.63, 3.8) is 0 Å². The summed E-state index contributed by atoms with van der Waals surface area (Å²) >= 11 is 0. The van der Waals surface area contributed by atoms with Gasteiger partial charge in [-0.1, -0.05) is 80.7 Å². The molecule has 4 aliphatic rings. The highest BCUT2D eigenvalue weighted by Gasteiger charge is 2.52. The van der Waals surface area contributed by atoms with Crippen molar-refractivity contribution in [1.82, 2.24) is 31.1 Å². The van der Waals surface area contributed by atoms with E-state index in [0.717, 1.165) is 32.1 Å². The lowest BCUT2D eigenvalue weighted by atomic mass is 9.80. The number of carbonyl (C=O) groups is 6. The zero-order valence-corrected chi connectivity index (χ0v) is 32.0. The van der Waals surface area contributed by atoms with Crippen molar-refractivity contribution in [2.24, 2.45) is 34.0 Å². The molecule has 13 heteroatoms. The minimum Gasteiger partial charge on any atom is -0.381 e. The second-order valence-electron chi connectivity index (χ2n) is 18.3. The van der Waals surface area contributed by atoms with E-state index < -0.39 is 64.4 Å². The molecule has 2 heterocycles. The molecule has 0 bridgehead atoms. The molecule has 51 heavy (non-hydrogen) atoms. The van der Waals surface area contributed by atoms with Gasteiger partial charge in [-0.2, -0.15) is 0 Å². The van der Waals surface area contributed by atoms with Crippen LogP contribution < -0.4 is 21.3 Å². The molecule has 7 amide bonds. The smallest absolute Gasteiger partial charge is 0.315 e. The average Bonchev–Trinajstić information content (AvgIpc) is 3.58. The highest BCUT2D eigenvalue weighted by molar-refractivity contribution is 5.98. The van der Waals surface area contributed by atoms with Crippen molar-refractivity contribution in [2.75, 3.05) is 19.6 Å². The van der Waals surface area contributed by atoms with E-state index in [-0.39, 0.29) is 55.5 Å². The summed E-state index contributed by atoms with van der Waals surface area (Å²) in [4.78, 5) is 83.9. The topological polar surface area (TPSA) is 177 Å². The Morgan fingerprint density at radius 1 is 0.941 bits per heavy atom. The molecule has 4 fully saturated rings. The summed E-state index contributed by atoms with van der Waals surface area (Å²) in [7, 11) is 0. The Balaban J connectivity index is 1.52. The third kappa shape index (κ3) is 10.1. The molecule has 0 aromatic rings. The second kappa shape index (κ2) is 15.6. The predicted octanol–water partition coefficient (Wildman–Crippen LogP) is 2.87. The number of hydrogen-bond donors (Lipinski definition) is 5. The van der Waals surface area contributed by atoms with Gasteiger partial charge in [-0.3, -0.25) is 28.9 Å². The molecule has 13 nitrogen and oxygen atoms in total. The fourth-order valence-electron chi connectivity index (χ4n) is 7.85. The van der Waals surface area contributed by atoms with Crippen LogP contribution in [0, 0.1) is 34.0 Å². The summed E-state index contributed by atoms with van der Waals surface area (Å²) in [6.45, 7) is 19.2. The Bertz CT molecular complexity index is 1340. The monoisotopic (exact) mass is 714 g/mol. The molecule has 0 radical (unpaired) electrons. The Morgan fingerprint density at radius 2 is 1.57 bits per heavy atom. The number of fused-ring (bicyclic) bond motifs is 1. The minimum absolute atomic E-state index is 0.00994. The summed E-state index contributed by atoms with van der Waals surface area (Å²) in [6.07, 6.45) is 5.50. The number of likely N-dealkylation sites (tertiary alicyclic amines) is 2. The van der Waals surface area contributed by atoms with Gasteiger partial charge in [0.05, 0.1) is 12.1 Å². The molecule has 0 aromatic carbocycles. The molecule has 7 atom stereocenters. The summed E-state index contributed by atoms with van der Waals surface area (Å²) in [5.74, 6) is -1.57. The molecular formula is C38H62N6O7. The molecule has 2 aliphatic heterocycles. The number of hydrogen-bond acceptors (Lipinski definition) is 7. The van der Waals surface area contributed by atoms with E-state index in [1.165, 1.54) is 11.0 Å². The Hall–Kier alpha value is -3.48. The number of aliphatic hydroxyl groups excluding tert-OH is 1. The van der Waals surface area contributed by atoms with E-state index in [9.17, 15) is 33.9 Å². The maximum absolute atomic E-state index is 14.5. The van der Waals surface area contributed by atoms with Crippen LogP contribution in [0.2, 0.25) is 0 Å². The Labute approximate surface area is 303 Å². The van der Waals surface area contributed by atoms with Crippen LogP contribution in [-0.4, -0.2) is 100 Å². The molecule has 2 aliphatic carbocycles. The Kier molecular flexibility index (Phi) is 12.4. The van der Waals surface area contributed by atoms with Crippen molar-refractivity contribution in [2.45, 2.75) is 137 Å². The highest BCUT2D eigenvalue weighted by Crippen LogP contribution is 2.43. The van der Waals surface area contributed by atoms with Crippen molar-refractivity contribution < 1.29 is 33.9 Å². The Morgan fingerprint density at radius 3 is 2.12 bits per heavy atom. The van der Waals surface area contributed by atoms with Crippen LogP contribution in [-0.2, 0) is 24.0 Å². The number of carbonyl (C=O) groups excluding carboxylic acids is 6. The minimum atomic E-state index is -1.45. The van der Waals surface area contributed by atoms with Crippen LogP contribution >= 0.6 is 0 Å². The lowest BCUT2D eigenvalue weighted by Crippen LogP contribution is -2.63. The number of nitrogens with zero attached hydrogens (tertiary/aromatic N) is 2. The van der Waals surface area contributed by atoms with Crippen LogP contribution in [0.15, 0.2) is 12.7 Å².